The minimum absolute atomic E-state index is 0.00865. The molecule has 0 atom stereocenters. The molecule has 0 unspecified atom stereocenters. The van der Waals surface area contributed by atoms with E-state index < -0.39 is 27.6 Å². The number of imide groups is 1. The fraction of sp³-hybridized carbons (Fsp3) is 0.0400. The lowest BCUT2D eigenvalue weighted by Gasteiger charge is -2.22. The van der Waals surface area contributed by atoms with E-state index in [9.17, 15) is 22.8 Å². The summed E-state index contributed by atoms with van der Waals surface area (Å²) in [5.41, 5.74) is 1.45. The number of aryl methyl sites for hydroxylation is 1. The maximum absolute atomic E-state index is 13.2. The van der Waals surface area contributed by atoms with Gasteiger partial charge < -0.3 is 0 Å². The molecule has 2 amide bonds. The van der Waals surface area contributed by atoms with Crippen LogP contribution < -0.4 is 0 Å². The van der Waals surface area contributed by atoms with Crippen molar-refractivity contribution >= 4 is 33.3 Å². The molecule has 162 valence electrons. The highest BCUT2D eigenvalue weighted by molar-refractivity contribution is 7.90. The summed E-state index contributed by atoms with van der Waals surface area (Å²) >= 11 is 0. The molecule has 1 aliphatic heterocycles. The average molecular weight is 456 g/mol. The number of ketones is 1. The molecule has 0 N–H and O–H groups in total. The van der Waals surface area contributed by atoms with Crippen molar-refractivity contribution in [2.75, 3.05) is 0 Å². The van der Waals surface area contributed by atoms with Crippen LogP contribution in [0.4, 0.5) is 0 Å². The highest BCUT2D eigenvalue weighted by Gasteiger charge is 2.41. The van der Waals surface area contributed by atoms with E-state index in [1.807, 2.05) is 6.92 Å². The number of allylic oxidation sites excluding steroid dienone is 2. The number of fused-ring (bicyclic) bond motifs is 2. The predicted octanol–water partition coefficient (Wildman–Crippen LogP) is 3.55. The lowest BCUT2D eigenvalue weighted by Crippen LogP contribution is -2.36. The van der Waals surface area contributed by atoms with Crippen LogP contribution in [0.15, 0.2) is 93.9 Å². The second-order valence-corrected chi connectivity index (χ2v) is 9.26. The van der Waals surface area contributed by atoms with Gasteiger partial charge >= 0.3 is 0 Å². The summed E-state index contributed by atoms with van der Waals surface area (Å²) in [5.74, 6) is -1.85. The molecule has 8 heteroatoms. The second kappa shape index (κ2) is 7.46. The number of hydrogen-bond acceptors (Lipinski definition) is 5. The second-order valence-electron chi connectivity index (χ2n) is 7.66. The van der Waals surface area contributed by atoms with Gasteiger partial charge in [0.1, 0.15) is 5.70 Å². The summed E-state index contributed by atoms with van der Waals surface area (Å²) in [6.07, 6.45) is 1.19. The Bertz CT molecular complexity index is 1500. The first-order valence-electron chi connectivity index (χ1n) is 10.0. The Morgan fingerprint density at radius 2 is 1.21 bits per heavy atom. The normalized spacial score (nSPS) is 16.6. The van der Waals surface area contributed by atoms with E-state index in [1.54, 1.807) is 42.5 Å². The molecule has 0 spiro atoms. The van der Waals surface area contributed by atoms with Crippen LogP contribution in [0.25, 0.3) is 0 Å². The van der Waals surface area contributed by atoms with Gasteiger partial charge in [0.15, 0.2) is 0 Å². The number of Topliss-reactive ketones (excluding diaryl/α,β-unsaturated/α-hetero) is 1. The van der Waals surface area contributed by atoms with E-state index in [-0.39, 0.29) is 33.0 Å². The van der Waals surface area contributed by atoms with E-state index in [0.717, 1.165) is 10.5 Å². The van der Waals surface area contributed by atoms with Gasteiger partial charge in [-0.15, -0.1) is 0 Å². The van der Waals surface area contributed by atoms with Crippen molar-refractivity contribution < 1.29 is 22.8 Å². The molecule has 33 heavy (non-hydrogen) atoms. The zero-order valence-electron chi connectivity index (χ0n) is 17.3. The molecule has 3 aromatic rings. The van der Waals surface area contributed by atoms with Crippen LogP contribution in [-0.2, 0) is 10.0 Å². The smallest absolute Gasteiger partial charge is 0.282 e. The third kappa shape index (κ3) is 3.32. The number of amides is 2. The van der Waals surface area contributed by atoms with Crippen molar-refractivity contribution in [1.29, 1.82) is 0 Å². The summed E-state index contributed by atoms with van der Waals surface area (Å²) in [6, 6.07) is 18.8. The molecule has 1 aliphatic carbocycles. The van der Waals surface area contributed by atoms with Crippen molar-refractivity contribution in [2.45, 2.75) is 11.8 Å². The fourth-order valence-corrected chi connectivity index (χ4v) is 4.85. The number of carbonyl (C=O) groups is 3. The summed E-state index contributed by atoms with van der Waals surface area (Å²) in [6.45, 7) is 1.84. The van der Waals surface area contributed by atoms with Crippen LogP contribution >= 0.6 is 0 Å². The number of sulfonamides is 1. The van der Waals surface area contributed by atoms with Gasteiger partial charge in [-0.2, -0.15) is 12.8 Å². The van der Waals surface area contributed by atoms with Crippen LogP contribution in [0, 0.1) is 6.92 Å². The molecule has 7 nitrogen and oxygen atoms in total. The van der Waals surface area contributed by atoms with Gasteiger partial charge in [-0.3, -0.25) is 14.4 Å². The van der Waals surface area contributed by atoms with Crippen molar-refractivity contribution in [3.63, 3.8) is 0 Å². The minimum Gasteiger partial charge on any atom is -0.287 e. The van der Waals surface area contributed by atoms with Crippen LogP contribution in [0.5, 0.6) is 0 Å². The van der Waals surface area contributed by atoms with Gasteiger partial charge in [-0.05, 0) is 37.3 Å². The molecule has 0 saturated carbocycles. The lowest BCUT2D eigenvalue weighted by atomic mass is 9.91. The molecule has 0 fully saturated rings. The molecule has 2 aliphatic rings. The van der Waals surface area contributed by atoms with Crippen molar-refractivity contribution in [3.05, 3.63) is 112 Å². The van der Waals surface area contributed by atoms with Gasteiger partial charge in [-0.1, -0.05) is 54.1 Å². The van der Waals surface area contributed by atoms with Crippen LogP contribution in [0.2, 0.25) is 0 Å². The quantitative estimate of drug-likeness (QED) is 0.561. The SMILES string of the molecule is Cc1ccc(S(=O)(=O)/N=C2\C=C(N3C(=O)c4ccccc4C3=O)C(=O)c3ccccc32)cc1. The van der Waals surface area contributed by atoms with Crippen LogP contribution in [0.1, 0.15) is 42.2 Å². The maximum atomic E-state index is 13.2. The zero-order chi connectivity index (χ0) is 23.3. The van der Waals surface area contributed by atoms with E-state index in [2.05, 4.69) is 4.40 Å². The summed E-state index contributed by atoms with van der Waals surface area (Å²) in [7, 11) is -4.12. The van der Waals surface area contributed by atoms with E-state index in [4.69, 9.17) is 0 Å². The molecule has 5 rings (SSSR count). The Kier molecular flexibility index (Phi) is 4.68. The number of nitrogens with zero attached hydrogens (tertiary/aromatic N) is 2. The van der Waals surface area contributed by atoms with Crippen molar-refractivity contribution in [2.24, 2.45) is 4.40 Å². The first-order chi connectivity index (χ1) is 15.8. The third-order valence-electron chi connectivity index (χ3n) is 5.53. The Balaban J connectivity index is 1.67. The van der Waals surface area contributed by atoms with Gasteiger partial charge in [0.25, 0.3) is 21.8 Å². The lowest BCUT2D eigenvalue weighted by molar-refractivity contribution is 0.0678. The molecule has 0 radical (unpaired) electrons. The topological polar surface area (TPSA) is 101 Å². The fourth-order valence-electron chi connectivity index (χ4n) is 3.86. The Labute approximate surface area is 189 Å². The van der Waals surface area contributed by atoms with Crippen LogP contribution in [-0.4, -0.2) is 36.6 Å². The minimum atomic E-state index is -4.12. The summed E-state index contributed by atoms with van der Waals surface area (Å²) < 4.78 is 30.0. The predicted molar refractivity (Wildman–Crippen MR) is 121 cm³/mol. The van der Waals surface area contributed by atoms with Crippen molar-refractivity contribution in [3.8, 4) is 0 Å². The number of carbonyl (C=O) groups excluding carboxylic acids is 3. The number of hydrogen-bond donors (Lipinski definition) is 0. The molecule has 1 heterocycles. The Hall–Kier alpha value is -4.17. The van der Waals surface area contributed by atoms with E-state index in [0.29, 0.717) is 5.56 Å². The Morgan fingerprint density at radius 1 is 0.697 bits per heavy atom. The molecular formula is C25H16N2O5S. The monoisotopic (exact) mass is 456 g/mol. The average Bonchev–Trinajstić information content (AvgIpc) is 3.06. The first-order valence-corrected chi connectivity index (χ1v) is 11.5. The highest BCUT2D eigenvalue weighted by Crippen LogP contribution is 2.31. The van der Waals surface area contributed by atoms with Gasteiger partial charge in [0, 0.05) is 11.1 Å². The van der Waals surface area contributed by atoms with Crippen molar-refractivity contribution in [1.82, 2.24) is 4.90 Å². The first kappa shape index (κ1) is 20.7. The Morgan fingerprint density at radius 3 is 1.79 bits per heavy atom. The van der Waals surface area contributed by atoms with Gasteiger partial charge in [0.05, 0.1) is 21.7 Å². The van der Waals surface area contributed by atoms with Gasteiger partial charge in [0.2, 0.25) is 5.78 Å². The number of benzene rings is 3. The summed E-state index contributed by atoms with van der Waals surface area (Å²) in [5, 5.41) is 0. The van der Waals surface area contributed by atoms with Gasteiger partial charge in [-0.25, -0.2) is 4.90 Å². The van der Waals surface area contributed by atoms with Crippen LogP contribution in [0.3, 0.4) is 0 Å². The standard InChI is InChI=1S/C25H16N2O5S/c1-15-10-12-16(13-11-15)33(31,32)26-21-14-22(23(28)18-7-3-2-6-17(18)21)27-24(29)19-8-4-5-9-20(19)25(27)30/h2-14H,1H3/b26-21+. The molecule has 0 bridgehead atoms. The molecule has 0 aromatic heterocycles. The van der Waals surface area contributed by atoms with E-state index >= 15 is 0 Å². The molecule has 3 aromatic carbocycles. The summed E-state index contributed by atoms with van der Waals surface area (Å²) in [4.78, 5) is 40.0. The maximum Gasteiger partial charge on any atom is 0.282 e. The molecular weight excluding hydrogens is 440 g/mol. The number of rotatable bonds is 3. The molecule has 0 saturated heterocycles. The van der Waals surface area contributed by atoms with E-state index in [1.165, 1.54) is 36.4 Å². The third-order valence-corrected chi connectivity index (χ3v) is 6.83. The zero-order valence-corrected chi connectivity index (χ0v) is 18.2. The highest BCUT2D eigenvalue weighted by atomic mass is 32.2. The largest absolute Gasteiger partial charge is 0.287 e.